The molecule has 0 bridgehead atoms. The summed E-state index contributed by atoms with van der Waals surface area (Å²) in [5.74, 6) is 0. The van der Waals surface area contributed by atoms with E-state index < -0.39 is 16.4 Å². The maximum atomic E-state index is 6.73. The molecule has 0 N–H and O–H groups in total. The molecule has 2 nitrogen and oxygen atoms in total. The molecule has 0 fully saturated rings. The van der Waals surface area contributed by atoms with Gasteiger partial charge in [-0.15, -0.1) is 0 Å². The Labute approximate surface area is 159 Å². The van der Waals surface area contributed by atoms with E-state index in [2.05, 4.69) is 97.1 Å². The van der Waals surface area contributed by atoms with Crippen LogP contribution in [0.1, 0.15) is 39.7 Å². The second-order valence-electron chi connectivity index (χ2n) is 10.1. The quantitative estimate of drug-likeness (QED) is 0.572. The summed E-state index contributed by atoms with van der Waals surface area (Å²) in [6.45, 7) is 21.2. The highest BCUT2D eigenvalue weighted by molar-refractivity contribution is 7.00. The molecule has 0 aromatic heterocycles. The van der Waals surface area contributed by atoms with Crippen molar-refractivity contribution in [1.29, 1.82) is 0 Å². The number of hydrogen-bond acceptors (Lipinski definition) is 2. The molecule has 0 radical (unpaired) electrons. The van der Waals surface area contributed by atoms with Crippen LogP contribution in [0.5, 0.6) is 0 Å². The summed E-state index contributed by atoms with van der Waals surface area (Å²) >= 11 is 0. The average molecular weight is 380 g/mol. The van der Waals surface area contributed by atoms with Crippen LogP contribution in [0, 0.1) is 5.41 Å². The molecule has 0 aliphatic carbocycles. The van der Waals surface area contributed by atoms with Gasteiger partial charge in [-0.1, -0.05) is 64.7 Å². The minimum Gasteiger partial charge on any atom is -0.413 e. The van der Waals surface area contributed by atoms with E-state index >= 15 is 0 Å². The van der Waals surface area contributed by atoms with Gasteiger partial charge in [0.1, 0.15) is 0 Å². The number of benzene rings is 1. The fourth-order valence-corrected chi connectivity index (χ4v) is 16.2. The lowest BCUT2D eigenvalue weighted by Gasteiger charge is -2.45. The molecule has 0 saturated carbocycles. The van der Waals surface area contributed by atoms with Crippen LogP contribution in [0.4, 0.5) is 0 Å². The van der Waals surface area contributed by atoms with Gasteiger partial charge in [-0.2, -0.15) is 0 Å². The summed E-state index contributed by atoms with van der Waals surface area (Å²) in [4.78, 5) is 2.27. The Bertz CT molecular complexity index is 546. The molecule has 1 aromatic rings. The standard InChI is InChI=1S/C21H41NOSi2/c1-11-23-25(10,20(24(7,8)9)16-21(2,3)4)19-15-13-12-14-18(19)17-22(5)6/h12-15,20H,11,16-17H2,1-10H3. The third-order valence-electron chi connectivity index (χ3n) is 5.01. The SMILES string of the molecule is CCO[Si](C)(c1ccccc1CN(C)C)C(CC(C)(C)C)[Si](C)(C)C. The molecule has 0 aliphatic rings. The van der Waals surface area contributed by atoms with Crippen molar-refractivity contribution in [1.82, 2.24) is 4.90 Å². The normalized spacial score (nSPS) is 16.8. The molecule has 25 heavy (non-hydrogen) atoms. The number of nitrogens with zero attached hydrogens (tertiary/aromatic N) is 1. The molecule has 2 atom stereocenters. The van der Waals surface area contributed by atoms with Crippen LogP contribution in [0.15, 0.2) is 24.3 Å². The third kappa shape index (κ3) is 6.35. The molecular weight excluding hydrogens is 338 g/mol. The van der Waals surface area contributed by atoms with E-state index in [9.17, 15) is 0 Å². The molecule has 0 amide bonds. The van der Waals surface area contributed by atoms with E-state index in [-0.39, 0.29) is 0 Å². The number of rotatable bonds is 8. The Morgan fingerprint density at radius 3 is 2.04 bits per heavy atom. The summed E-state index contributed by atoms with van der Waals surface area (Å²) in [6, 6.07) is 9.04. The predicted molar refractivity (Wildman–Crippen MR) is 118 cm³/mol. The Morgan fingerprint density at radius 1 is 1.04 bits per heavy atom. The van der Waals surface area contributed by atoms with Gasteiger partial charge in [-0.05, 0) is 55.3 Å². The van der Waals surface area contributed by atoms with Crippen molar-refractivity contribution in [3.8, 4) is 0 Å². The second-order valence-corrected chi connectivity index (χ2v) is 19.9. The summed E-state index contributed by atoms with van der Waals surface area (Å²) in [5, 5.41) is 2.21. The van der Waals surface area contributed by atoms with Gasteiger partial charge >= 0.3 is 0 Å². The first-order chi connectivity index (χ1) is 11.3. The van der Waals surface area contributed by atoms with Crippen LogP contribution >= 0.6 is 0 Å². The monoisotopic (exact) mass is 379 g/mol. The van der Waals surface area contributed by atoms with E-state index in [1.54, 1.807) is 0 Å². The molecule has 1 aromatic carbocycles. The molecule has 4 heteroatoms. The van der Waals surface area contributed by atoms with Crippen LogP contribution in [0.3, 0.4) is 0 Å². The largest absolute Gasteiger partial charge is 0.413 e. The number of hydrogen-bond donors (Lipinski definition) is 0. The third-order valence-corrected chi connectivity index (χ3v) is 15.5. The minimum absolute atomic E-state index is 0.326. The van der Waals surface area contributed by atoms with Gasteiger partial charge in [0.2, 0.25) is 8.32 Å². The first kappa shape index (κ1) is 22.6. The van der Waals surface area contributed by atoms with Gasteiger partial charge in [0.05, 0.1) is 0 Å². The summed E-state index contributed by atoms with van der Waals surface area (Å²) in [5.41, 5.74) is 1.78. The lowest BCUT2D eigenvalue weighted by Crippen LogP contribution is -2.60. The van der Waals surface area contributed by atoms with Crippen molar-refractivity contribution in [3.05, 3.63) is 29.8 Å². The van der Waals surface area contributed by atoms with Gasteiger partial charge in [-0.25, -0.2) is 0 Å². The molecule has 0 saturated heterocycles. The molecule has 1 rings (SSSR count). The molecule has 144 valence electrons. The highest BCUT2D eigenvalue weighted by Crippen LogP contribution is 2.42. The average Bonchev–Trinajstić information content (AvgIpc) is 2.43. The molecule has 0 spiro atoms. The maximum Gasteiger partial charge on any atom is 0.221 e. The van der Waals surface area contributed by atoms with Crippen LogP contribution in [0.2, 0.25) is 31.4 Å². The Morgan fingerprint density at radius 2 is 1.60 bits per heavy atom. The highest BCUT2D eigenvalue weighted by atomic mass is 28.4. The van der Waals surface area contributed by atoms with Crippen LogP contribution in [-0.4, -0.2) is 42.0 Å². The maximum absolute atomic E-state index is 6.73. The predicted octanol–water partition coefficient (Wildman–Crippen LogP) is 5.25. The van der Waals surface area contributed by atoms with E-state index in [0.29, 0.717) is 10.6 Å². The zero-order valence-corrected chi connectivity index (χ0v) is 20.4. The van der Waals surface area contributed by atoms with Crippen molar-refractivity contribution in [2.75, 3.05) is 20.7 Å². The second kappa shape index (κ2) is 8.51. The fraction of sp³-hybridized carbons (Fsp3) is 0.714. The van der Waals surface area contributed by atoms with Crippen molar-refractivity contribution < 1.29 is 4.43 Å². The smallest absolute Gasteiger partial charge is 0.221 e. The van der Waals surface area contributed by atoms with Crippen molar-refractivity contribution in [2.24, 2.45) is 5.41 Å². The first-order valence-corrected chi connectivity index (χ1v) is 15.7. The first-order valence-electron chi connectivity index (χ1n) is 9.68. The zero-order chi connectivity index (χ0) is 19.5. The van der Waals surface area contributed by atoms with Crippen molar-refractivity contribution >= 4 is 21.6 Å². The van der Waals surface area contributed by atoms with Crippen LogP contribution in [-0.2, 0) is 11.0 Å². The Balaban J connectivity index is 3.52. The Hall–Kier alpha value is -0.426. The van der Waals surface area contributed by atoms with E-state index in [0.717, 1.165) is 13.2 Å². The van der Waals surface area contributed by atoms with Gasteiger partial charge in [0.25, 0.3) is 0 Å². The van der Waals surface area contributed by atoms with E-state index in [1.165, 1.54) is 17.2 Å². The topological polar surface area (TPSA) is 12.5 Å². The van der Waals surface area contributed by atoms with Crippen molar-refractivity contribution in [3.63, 3.8) is 0 Å². The van der Waals surface area contributed by atoms with Crippen LogP contribution < -0.4 is 5.19 Å². The van der Waals surface area contributed by atoms with Gasteiger partial charge in [0, 0.05) is 21.2 Å². The molecule has 0 aliphatic heterocycles. The van der Waals surface area contributed by atoms with Gasteiger partial charge < -0.3 is 9.33 Å². The van der Waals surface area contributed by atoms with Crippen LogP contribution in [0.25, 0.3) is 0 Å². The molecule has 2 unspecified atom stereocenters. The van der Waals surface area contributed by atoms with Gasteiger partial charge in [0.15, 0.2) is 0 Å². The highest BCUT2D eigenvalue weighted by Gasteiger charge is 2.49. The van der Waals surface area contributed by atoms with E-state index in [4.69, 9.17) is 4.43 Å². The fourth-order valence-electron chi connectivity index (χ4n) is 4.09. The minimum atomic E-state index is -2.08. The Kier molecular flexibility index (Phi) is 7.70. The zero-order valence-electron chi connectivity index (χ0n) is 18.4. The summed E-state index contributed by atoms with van der Waals surface area (Å²) < 4.78 is 6.73. The summed E-state index contributed by atoms with van der Waals surface area (Å²) in [7, 11) is 0.840. The van der Waals surface area contributed by atoms with E-state index in [1.807, 2.05) is 0 Å². The van der Waals surface area contributed by atoms with Crippen molar-refractivity contribution in [2.45, 2.75) is 72.0 Å². The molecule has 0 heterocycles. The molecular formula is C21H41NOSi2. The van der Waals surface area contributed by atoms with Gasteiger partial charge in [-0.3, -0.25) is 0 Å². The lowest BCUT2D eigenvalue weighted by molar-refractivity contribution is 0.311. The summed E-state index contributed by atoms with van der Waals surface area (Å²) in [6.07, 6.45) is 1.25. The lowest BCUT2D eigenvalue weighted by atomic mass is 9.93.